The summed E-state index contributed by atoms with van der Waals surface area (Å²) in [6.07, 6.45) is 3.67. The molecule has 0 aliphatic carbocycles. The Bertz CT molecular complexity index is 83.8. The van der Waals surface area contributed by atoms with Crippen molar-refractivity contribution in [3.63, 3.8) is 0 Å². The molecule has 12 heavy (non-hydrogen) atoms. The number of halogens is 1. The van der Waals surface area contributed by atoms with Crippen LogP contribution in [0.15, 0.2) is 0 Å². The molecule has 0 aromatic rings. The number of alkyl halides is 1. The van der Waals surface area contributed by atoms with Crippen molar-refractivity contribution in [2.75, 3.05) is 12.4 Å². The molecule has 0 amide bonds. The molecule has 74 valence electrons. The monoisotopic (exact) mass is 191 g/mol. The highest BCUT2D eigenvalue weighted by molar-refractivity contribution is 6.17. The minimum atomic E-state index is 0.571. The molecular formula is C10H22ClN. The van der Waals surface area contributed by atoms with Crippen LogP contribution in [0.5, 0.6) is 0 Å². The van der Waals surface area contributed by atoms with Gasteiger partial charge < -0.3 is 5.32 Å². The molecule has 0 saturated heterocycles. The molecule has 0 fully saturated rings. The first-order chi connectivity index (χ1) is 5.70. The Balaban J connectivity index is 3.27. The summed E-state index contributed by atoms with van der Waals surface area (Å²) in [4.78, 5) is 0. The Morgan fingerprint density at radius 3 is 2.42 bits per heavy atom. The zero-order valence-corrected chi connectivity index (χ0v) is 9.32. The van der Waals surface area contributed by atoms with E-state index in [2.05, 4.69) is 26.1 Å². The SMILES string of the molecule is CCCC(C)CNC(C)CCCl. The van der Waals surface area contributed by atoms with E-state index < -0.39 is 0 Å². The molecule has 0 bridgehead atoms. The van der Waals surface area contributed by atoms with Crippen molar-refractivity contribution in [2.45, 2.75) is 46.1 Å². The van der Waals surface area contributed by atoms with Gasteiger partial charge in [0.15, 0.2) is 0 Å². The second-order valence-electron chi connectivity index (χ2n) is 3.68. The van der Waals surface area contributed by atoms with Crippen LogP contribution in [-0.2, 0) is 0 Å². The van der Waals surface area contributed by atoms with Crippen molar-refractivity contribution >= 4 is 11.6 Å². The van der Waals surface area contributed by atoms with Crippen LogP contribution in [0.4, 0.5) is 0 Å². The minimum Gasteiger partial charge on any atom is -0.314 e. The molecule has 0 spiro atoms. The standard InChI is InChI=1S/C10H22ClN/c1-4-5-9(2)8-12-10(3)6-7-11/h9-10,12H,4-8H2,1-3H3. The summed E-state index contributed by atoms with van der Waals surface area (Å²) in [6, 6.07) is 0.571. The van der Waals surface area contributed by atoms with Crippen LogP contribution in [0.25, 0.3) is 0 Å². The Morgan fingerprint density at radius 2 is 1.92 bits per heavy atom. The Labute approximate surface area is 81.9 Å². The van der Waals surface area contributed by atoms with Crippen molar-refractivity contribution in [1.29, 1.82) is 0 Å². The van der Waals surface area contributed by atoms with E-state index in [1.165, 1.54) is 12.8 Å². The third-order valence-electron chi connectivity index (χ3n) is 2.14. The Kier molecular flexibility index (Phi) is 8.04. The third-order valence-corrected chi connectivity index (χ3v) is 2.36. The van der Waals surface area contributed by atoms with E-state index in [1.807, 2.05) is 0 Å². The van der Waals surface area contributed by atoms with E-state index >= 15 is 0 Å². The van der Waals surface area contributed by atoms with Gasteiger partial charge in [0.05, 0.1) is 0 Å². The topological polar surface area (TPSA) is 12.0 Å². The van der Waals surface area contributed by atoms with Crippen LogP contribution in [0.3, 0.4) is 0 Å². The van der Waals surface area contributed by atoms with Gasteiger partial charge in [0.2, 0.25) is 0 Å². The van der Waals surface area contributed by atoms with E-state index in [0.717, 1.165) is 24.8 Å². The summed E-state index contributed by atoms with van der Waals surface area (Å²) in [5, 5.41) is 3.48. The zero-order valence-electron chi connectivity index (χ0n) is 8.57. The molecule has 0 aliphatic rings. The number of rotatable bonds is 7. The molecule has 2 atom stereocenters. The average Bonchev–Trinajstić information content (AvgIpc) is 2.02. The van der Waals surface area contributed by atoms with Gasteiger partial charge in [-0.1, -0.05) is 20.3 Å². The van der Waals surface area contributed by atoms with Gasteiger partial charge in [-0.15, -0.1) is 11.6 Å². The summed E-state index contributed by atoms with van der Waals surface area (Å²) < 4.78 is 0. The lowest BCUT2D eigenvalue weighted by Gasteiger charge is -2.16. The van der Waals surface area contributed by atoms with Crippen molar-refractivity contribution in [3.8, 4) is 0 Å². The zero-order chi connectivity index (χ0) is 9.40. The molecule has 0 saturated carbocycles. The Morgan fingerprint density at radius 1 is 1.25 bits per heavy atom. The normalized spacial score (nSPS) is 16.0. The Hall–Kier alpha value is 0.250. The maximum Gasteiger partial charge on any atom is 0.0238 e. The molecule has 1 nitrogen and oxygen atoms in total. The molecule has 0 heterocycles. The smallest absolute Gasteiger partial charge is 0.0238 e. The predicted molar refractivity (Wildman–Crippen MR) is 56.9 cm³/mol. The minimum absolute atomic E-state index is 0.571. The van der Waals surface area contributed by atoms with E-state index in [9.17, 15) is 0 Å². The van der Waals surface area contributed by atoms with Gasteiger partial charge >= 0.3 is 0 Å². The van der Waals surface area contributed by atoms with Gasteiger partial charge in [-0.05, 0) is 32.2 Å². The fourth-order valence-corrected chi connectivity index (χ4v) is 1.59. The summed E-state index contributed by atoms with van der Waals surface area (Å²) in [5.41, 5.74) is 0. The lowest BCUT2D eigenvalue weighted by atomic mass is 10.1. The van der Waals surface area contributed by atoms with Gasteiger partial charge in [0.25, 0.3) is 0 Å². The fraction of sp³-hybridized carbons (Fsp3) is 1.00. The summed E-state index contributed by atoms with van der Waals surface area (Å²) >= 11 is 5.63. The fourth-order valence-electron chi connectivity index (χ4n) is 1.26. The second kappa shape index (κ2) is 7.88. The average molecular weight is 192 g/mol. The molecule has 0 aliphatic heterocycles. The van der Waals surface area contributed by atoms with E-state index in [0.29, 0.717) is 6.04 Å². The second-order valence-corrected chi connectivity index (χ2v) is 4.06. The van der Waals surface area contributed by atoms with Crippen LogP contribution >= 0.6 is 11.6 Å². The lowest BCUT2D eigenvalue weighted by molar-refractivity contribution is 0.433. The maximum absolute atomic E-state index is 5.63. The van der Waals surface area contributed by atoms with E-state index in [4.69, 9.17) is 11.6 Å². The number of hydrogen-bond acceptors (Lipinski definition) is 1. The lowest BCUT2D eigenvalue weighted by Crippen LogP contribution is -2.30. The first kappa shape index (κ1) is 12.2. The largest absolute Gasteiger partial charge is 0.314 e. The van der Waals surface area contributed by atoms with Crippen LogP contribution < -0.4 is 5.32 Å². The highest BCUT2D eigenvalue weighted by Crippen LogP contribution is 2.03. The summed E-state index contributed by atoms with van der Waals surface area (Å²) in [7, 11) is 0. The number of nitrogens with one attached hydrogen (secondary N) is 1. The number of hydrogen-bond donors (Lipinski definition) is 1. The third kappa shape index (κ3) is 6.93. The highest BCUT2D eigenvalue weighted by atomic mass is 35.5. The van der Waals surface area contributed by atoms with Crippen LogP contribution in [0.1, 0.15) is 40.0 Å². The van der Waals surface area contributed by atoms with Crippen LogP contribution in [0.2, 0.25) is 0 Å². The first-order valence-corrected chi connectivity index (χ1v) is 5.53. The van der Waals surface area contributed by atoms with E-state index in [-0.39, 0.29) is 0 Å². The highest BCUT2D eigenvalue weighted by Gasteiger charge is 2.03. The van der Waals surface area contributed by atoms with Crippen LogP contribution in [0, 0.1) is 5.92 Å². The molecule has 2 unspecified atom stereocenters. The molecular weight excluding hydrogens is 170 g/mol. The van der Waals surface area contributed by atoms with Gasteiger partial charge in [-0.25, -0.2) is 0 Å². The van der Waals surface area contributed by atoms with Gasteiger partial charge in [-0.3, -0.25) is 0 Å². The van der Waals surface area contributed by atoms with Crippen LogP contribution in [-0.4, -0.2) is 18.5 Å². The molecule has 0 aromatic carbocycles. The summed E-state index contributed by atoms with van der Waals surface area (Å²) in [6.45, 7) is 7.86. The van der Waals surface area contributed by atoms with Crippen molar-refractivity contribution in [2.24, 2.45) is 5.92 Å². The van der Waals surface area contributed by atoms with Gasteiger partial charge in [0, 0.05) is 11.9 Å². The maximum atomic E-state index is 5.63. The predicted octanol–water partition coefficient (Wildman–Crippen LogP) is 3.03. The molecule has 0 radical (unpaired) electrons. The summed E-state index contributed by atoms with van der Waals surface area (Å²) in [5.74, 6) is 1.56. The van der Waals surface area contributed by atoms with Crippen molar-refractivity contribution in [1.82, 2.24) is 5.32 Å². The first-order valence-electron chi connectivity index (χ1n) is 5.00. The molecule has 0 rings (SSSR count). The van der Waals surface area contributed by atoms with Gasteiger partial charge in [0.1, 0.15) is 0 Å². The van der Waals surface area contributed by atoms with Gasteiger partial charge in [-0.2, -0.15) is 0 Å². The molecule has 0 aromatic heterocycles. The quantitative estimate of drug-likeness (QED) is 0.611. The molecule has 2 heteroatoms. The van der Waals surface area contributed by atoms with E-state index in [1.54, 1.807) is 0 Å². The van der Waals surface area contributed by atoms with Crippen molar-refractivity contribution in [3.05, 3.63) is 0 Å². The van der Waals surface area contributed by atoms with Crippen molar-refractivity contribution < 1.29 is 0 Å². The molecule has 1 N–H and O–H groups in total.